The Bertz CT molecular complexity index is 1320. The minimum Gasteiger partial charge on any atom is -0.477 e. The molecule has 4 aromatic rings. The third-order valence-corrected chi connectivity index (χ3v) is 5.67. The number of hydrogen-bond acceptors (Lipinski definition) is 7. The van der Waals surface area contributed by atoms with Crippen molar-refractivity contribution in [2.45, 2.75) is 6.92 Å². The molecule has 0 bridgehead atoms. The number of aromatic nitrogens is 3. The maximum atomic E-state index is 12.9. The van der Waals surface area contributed by atoms with Crippen LogP contribution in [0.25, 0.3) is 10.2 Å². The van der Waals surface area contributed by atoms with Crippen molar-refractivity contribution < 1.29 is 19.4 Å². The molecular weight excluding hydrogens is 406 g/mol. The van der Waals surface area contributed by atoms with Crippen molar-refractivity contribution >= 4 is 50.6 Å². The van der Waals surface area contributed by atoms with Crippen LogP contribution in [0.15, 0.2) is 48.9 Å². The lowest BCUT2D eigenvalue weighted by Crippen LogP contribution is -2.34. The van der Waals surface area contributed by atoms with Crippen molar-refractivity contribution in [3.05, 3.63) is 59.4 Å². The summed E-state index contributed by atoms with van der Waals surface area (Å²) in [6.07, 6.45) is 4.71. The Balaban J connectivity index is 1.59. The molecule has 0 spiro atoms. The Hall–Kier alpha value is -4.05. The van der Waals surface area contributed by atoms with Crippen LogP contribution in [0.4, 0.5) is 21.9 Å². The number of nitrogens with one attached hydrogen (secondary N) is 1. The van der Waals surface area contributed by atoms with Gasteiger partial charge in [0.15, 0.2) is 0 Å². The number of anilines is 3. The molecule has 0 aromatic carbocycles. The van der Waals surface area contributed by atoms with Crippen LogP contribution in [0, 0.1) is 6.92 Å². The van der Waals surface area contributed by atoms with E-state index in [1.165, 1.54) is 11.1 Å². The lowest BCUT2D eigenvalue weighted by atomic mass is 10.1. The molecule has 0 fully saturated rings. The van der Waals surface area contributed by atoms with Gasteiger partial charge >= 0.3 is 12.0 Å². The zero-order valence-electron chi connectivity index (χ0n) is 15.5. The average molecular weight is 419 g/mol. The van der Waals surface area contributed by atoms with Gasteiger partial charge in [-0.3, -0.25) is 4.90 Å². The van der Waals surface area contributed by atoms with E-state index in [0.29, 0.717) is 33.4 Å². The number of carboxylic acids is 1. The van der Waals surface area contributed by atoms with Crippen molar-refractivity contribution in [2.24, 2.45) is 0 Å². The number of carboxylic acid groups (broad SMARTS) is 1. The predicted molar refractivity (Wildman–Crippen MR) is 111 cm³/mol. The van der Waals surface area contributed by atoms with E-state index in [-0.39, 0.29) is 10.6 Å². The lowest BCUT2D eigenvalue weighted by molar-refractivity contribution is 0.0703. The standard InChI is InChI=1S/C20H13N5O4S/c1-10-8-14(29-13-4-2-3-6-21-13)23-9-12(10)25-11-5-7-22-18-15(11)16(24-20(25)28)17(30-18)19(26)27/h2-9H,1H3,(H,24,28)(H,26,27). The summed E-state index contributed by atoms with van der Waals surface area (Å²) >= 11 is 1.02. The Kier molecular flexibility index (Phi) is 4.07. The molecule has 0 saturated heterocycles. The van der Waals surface area contributed by atoms with Crippen LogP contribution in [-0.4, -0.2) is 32.1 Å². The van der Waals surface area contributed by atoms with E-state index in [1.807, 2.05) is 6.92 Å². The van der Waals surface area contributed by atoms with Crippen molar-refractivity contribution in [1.29, 1.82) is 0 Å². The van der Waals surface area contributed by atoms with Crippen LogP contribution < -0.4 is 15.0 Å². The molecule has 30 heavy (non-hydrogen) atoms. The van der Waals surface area contributed by atoms with Gasteiger partial charge < -0.3 is 15.2 Å². The van der Waals surface area contributed by atoms with E-state index in [2.05, 4.69) is 20.3 Å². The highest BCUT2D eigenvalue weighted by Gasteiger charge is 2.33. The number of aryl methyl sites for hydroxylation is 1. The minimum atomic E-state index is -1.11. The number of carbonyl (C=O) groups is 2. The summed E-state index contributed by atoms with van der Waals surface area (Å²) in [5, 5.41) is 12.7. The van der Waals surface area contributed by atoms with Gasteiger partial charge in [-0.05, 0) is 24.6 Å². The smallest absolute Gasteiger partial charge is 0.348 e. The van der Waals surface area contributed by atoms with Gasteiger partial charge in [0.05, 0.1) is 28.6 Å². The van der Waals surface area contributed by atoms with Gasteiger partial charge in [0.2, 0.25) is 11.8 Å². The number of nitrogens with zero attached hydrogens (tertiary/aromatic N) is 4. The Labute approximate surface area is 173 Å². The van der Waals surface area contributed by atoms with Gasteiger partial charge in [0, 0.05) is 24.5 Å². The number of carbonyl (C=O) groups excluding carboxylic acids is 1. The zero-order valence-corrected chi connectivity index (χ0v) is 16.3. The van der Waals surface area contributed by atoms with Gasteiger partial charge in [0.1, 0.15) is 9.71 Å². The SMILES string of the molecule is Cc1cc(Oc2ccccn2)ncc1N1C(=O)Nc2c(C(=O)O)sc3nccc1c23. The molecule has 1 aliphatic rings. The third kappa shape index (κ3) is 2.81. The van der Waals surface area contributed by atoms with Crippen LogP contribution >= 0.6 is 11.3 Å². The van der Waals surface area contributed by atoms with Crippen molar-refractivity contribution in [1.82, 2.24) is 15.0 Å². The van der Waals surface area contributed by atoms with Gasteiger partial charge in [0.25, 0.3) is 0 Å². The van der Waals surface area contributed by atoms with E-state index in [1.54, 1.807) is 42.7 Å². The summed E-state index contributed by atoms with van der Waals surface area (Å²) < 4.78 is 5.66. The fourth-order valence-corrected chi connectivity index (χ4v) is 4.26. The molecule has 10 heteroatoms. The Morgan fingerprint density at radius 2 is 2.00 bits per heavy atom. The van der Waals surface area contributed by atoms with Crippen LogP contribution in [0.1, 0.15) is 15.2 Å². The molecule has 148 valence electrons. The predicted octanol–water partition coefficient (Wildman–Crippen LogP) is 4.57. The molecule has 4 aromatic heterocycles. The largest absolute Gasteiger partial charge is 0.477 e. The molecule has 2 N–H and O–H groups in total. The number of amides is 2. The summed E-state index contributed by atoms with van der Waals surface area (Å²) in [4.78, 5) is 39.2. The summed E-state index contributed by atoms with van der Waals surface area (Å²) in [5.41, 5.74) is 2.11. The molecule has 1 aliphatic heterocycles. The minimum absolute atomic E-state index is 0.0481. The first-order chi connectivity index (χ1) is 14.5. The molecule has 0 radical (unpaired) electrons. The molecule has 0 atom stereocenters. The number of hydrogen-bond donors (Lipinski definition) is 2. The van der Waals surface area contributed by atoms with Crippen molar-refractivity contribution in [3.63, 3.8) is 0 Å². The molecule has 2 amide bonds. The van der Waals surface area contributed by atoms with Gasteiger partial charge in [-0.15, -0.1) is 11.3 Å². The van der Waals surface area contributed by atoms with E-state index in [4.69, 9.17) is 4.74 Å². The number of aromatic carboxylic acids is 1. The van der Waals surface area contributed by atoms with Crippen molar-refractivity contribution in [2.75, 3.05) is 10.2 Å². The second-order valence-corrected chi connectivity index (χ2v) is 7.47. The zero-order chi connectivity index (χ0) is 20.8. The average Bonchev–Trinajstić information content (AvgIpc) is 3.10. The maximum Gasteiger partial charge on any atom is 0.348 e. The summed E-state index contributed by atoms with van der Waals surface area (Å²) in [7, 11) is 0. The Morgan fingerprint density at radius 3 is 2.73 bits per heavy atom. The summed E-state index contributed by atoms with van der Waals surface area (Å²) in [5.74, 6) is -0.356. The number of ether oxygens (including phenoxy) is 1. The summed E-state index contributed by atoms with van der Waals surface area (Å²) in [6.45, 7) is 1.83. The first-order valence-electron chi connectivity index (χ1n) is 8.84. The van der Waals surface area contributed by atoms with E-state index in [0.717, 1.165) is 16.9 Å². The monoisotopic (exact) mass is 419 g/mol. The fourth-order valence-electron chi connectivity index (χ4n) is 3.30. The molecule has 0 saturated carbocycles. The topological polar surface area (TPSA) is 118 Å². The molecule has 9 nitrogen and oxygen atoms in total. The van der Waals surface area contributed by atoms with Gasteiger partial charge in [-0.25, -0.2) is 24.5 Å². The van der Waals surface area contributed by atoms with E-state index < -0.39 is 12.0 Å². The van der Waals surface area contributed by atoms with Crippen LogP contribution in [0.2, 0.25) is 0 Å². The highest BCUT2D eigenvalue weighted by atomic mass is 32.1. The van der Waals surface area contributed by atoms with Crippen molar-refractivity contribution in [3.8, 4) is 11.8 Å². The van der Waals surface area contributed by atoms with E-state index in [9.17, 15) is 14.7 Å². The first-order valence-corrected chi connectivity index (χ1v) is 9.66. The lowest BCUT2D eigenvalue weighted by Gasteiger charge is -2.29. The highest BCUT2D eigenvalue weighted by molar-refractivity contribution is 7.21. The maximum absolute atomic E-state index is 12.9. The summed E-state index contributed by atoms with van der Waals surface area (Å²) in [6, 6.07) is 8.23. The molecule has 5 heterocycles. The number of rotatable bonds is 4. The second kappa shape index (κ2) is 6.78. The second-order valence-electron chi connectivity index (χ2n) is 6.47. The van der Waals surface area contributed by atoms with E-state index >= 15 is 0 Å². The quantitative estimate of drug-likeness (QED) is 0.497. The van der Waals surface area contributed by atoms with Crippen LogP contribution in [0.3, 0.4) is 0 Å². The number of pyridine rings is 3. The third-order valence-electron chi connectivity index (χ3n) is 4.59. The molecule has 0 unspecified atom stereocenters. The Morgan fingerprint density at radius 1 is 1.13 bits per heavy atom. The fraction of sp³-hybridized carbons (Fsp3) is 0.0500. The molecule has 5 rings (SSSR count). The van der Waals surface area contributed by atoms with Crippen LogP contribution in [0.5, 0.6) is 11.8 Å². The molecular formula is C20H13N5O4S. The van der Waals surface area contributed by atoms with Crippen LogP contribution in [-0.2, 0) is 0 Å². The number of urea groups is 1. The van der Waals surface area contributed by atoms with Gasteiger partial charge in [-0.1, -0.05) is 6.07 Å². The normalized spacial score (nSPS) is 12.7. The van der Waals surface area contributed by atoms with Gasteiger partial charge in [-0.2, -0.15) is 0 Å². The highest BCUT2D eigenvalue weighted by Crippen LogP contribution is 2.46. The molecule has 0 aliphatic carbocycles. The first kappa shape index (κ1) is 18.0. The number of thiophene rings is 1.